The van der Waals surface area contributed by atoms with Crippen molar-refractivity contribution in [3.05, 3.63) is 30.3 Å². The van der Waals surface area contributed by atoms with Crippen molar-refractivity contribution in [2.24, 2.45) is 0 Å². The van der Waals surface area contributed by atoms with Crippen LogP contribution in [-0.2, 0) is 4.74 Å². The zero-order valence-corrected chi connectivity index (χ0v) is 13.1. The van der Waals surface area contributed by atoms with Crippen LogP contribution in [0.4, 0.5) is 10.5 Å². The third-order valence-corrected chi connectivity index (χ3v) is 4.55. The summed E-state index contributed by atoms with van der Waals surface area (Å²) in [6.07, 6.45) is 2.80. The topological polar surface area (TPSA) is 53.6 Å². The highest BCUT2D eigenvalue weighted by molar-refractivity contribution is 5.74. The summed E-state index contributed by atoms with van der Waals surface area (Å²) in [4.78, 5) is 14.5. The fourth-order valence-electron chi connectivity index (χ4n) is 3.37. The van der Waals surface area contributed by atoms with Gasteiger partial charge in [-0.3, -0.25) is 0 Å². The molecule has 22 heavy (non-hydrogen) atoms. The first-order valence-electron chi connectivity index (χ1n) is 8.19. The van der Waals surface area contributed by atoms with Crippen LogP contribution in [0.15, 0.2) is 30.3 Å². The minimum atomic E-state index is -0.0426. The highest BCUT2D eigenvalue weighted by Crippen LogP contribution is 2.25. The van der Waals surface area contributed by atoms with Gasteiger partial charge in [0.25, 0.3) is 0 Å². The number of anilines is 1. The van der Waals surface area contributed by atoms with E-state index in [4.69, 9.17) is 4.74 Å². The number of para-hydroxylation sites is 1. The van der Waals surface area contributed by atoms with Gasteiger partial charge in [-0.05, 0) is 38.3 Å². The lowest BCUT2D eigenvalue weighted by molar-refractivity contribution is 0.0800. The van der Waals surface area contributed by atoms with E-state index in [2.05, 4.69) is 46.7 Å². The smallest absolute Gasteiger partial charge is 0.315 e. The number of nitrogens with one attached hydrogen (secondary N) is 2. The Morgan fingerprint density at radius 3 is 2.55 bits per heavy atom. The molecule has 1 aromatic rings. The molecule has 0 unspecified atom stereocenters. The lowest BCUT2D eigenvalue weighted by Gasteiger charge is -2.25. The Morgan fingerprint density at radius 2 is 1.82 bits per heavy atom. The van der Waals surface area contributed by atoms with E-state index < -0.39 is 0 Å². The number of ether oxygens (including phenoxy) is 1. The number of rotatable bonds is 3. The van der Waals surface area contributed by atoms with Crippen LogP contribution in [0.3, 0.4) is 0 Å². The zero-order chi connectivity index (χ0) is 15.4. The first-order chi connectivity index (χ1) is 10.7. The molecule has 2 amide bonds. The Bertz CT molecular complexity index is 488. The minimum absolute atomic E-state index is 0.0426. The molecule has 5 heteroatoms. The second kappa shape index (κ2) is 7.01. The molecule has 0 saturated carbocycles. The maximum atomic E-state index is 12.1. The molecule has 0 bridgehead atoms. The number of urea groups is 1. The summed E-state index contributed by atoms with van der Waals surface area (Å²) in [5.74, 6) is 0. The fourth-order valence-corrected chi connectivity index (χ4v) is 3.37. The molecular formula is C17H25N3O2. The maximum absolute atomic E-state index is 12.1. The van der Waals surface area contributed by atoms with Crippen molar-refractivity contribution in [1.82, 2.24) is 10.6 Å². The van der Waals surface area contributed by atoms with Crippen LogP contribution in [-0.4, -0.2) is 43.9 Å². The van der Waals surface area contributed by atoms with Gasteiger partial charge in [-0.15, -0.1) is 0 Å². The zero-order valence-electron chi connectivity index (χ0n) is 13.1. The summed E-state index contributed by atoms with van der Waals surface area (Å²) >= 11 is 0. The van der Waals surface area contributed by atoms with Crippen LogP contribution in [0.2, 0.25) is 0 Å². The average Bonchev–Trinajstić information content (AvgIpc) is 2.89. The highest BCUT2D eigenvalue weighted by Gasteiger charge is 2.30. The number of hydrogen-bond donors (Lipinski definition) is 2. The van der Waals surface area contributed by atoms with Crippen molar-refractivity contribution in [3.8, 4) is 0 Å². The van der Waals surface area contributed by atoms with Gasteiger partial charge >= 0.3 is 6.03 Å². The Kier molecular flexibility index (Phi) is 4.83. The fraction of sp³-hybridized carbons (Fsp3) is 0.588. The second-order valence-electron chi connectivity index (χ2n) is 6.27. The number of amides is 2. The van der Waals surface area contributed by atoms with E-state index >= 15 is 0 Å². The molecule has 2 heterocycles. The van der Waals surface area contributed by atoms with Crippen molar-refractivity contribution >= 4 is 11.7 Å². The van der Waals surface area contributed by atoms with Crippen LogP contribution in [0, 0.1) is 0 Å². The van der Waals surface area contributed by atoms with Gasteiger partial charge in [-0.1, -0.05) is 18.2 Å². The maximum Gasteiger partial charge on any atom is 0.315 e. The van der Waals surface area contributed by atoms with Crippen LogP contribution < -0.4 is 15.5 Å². The molecule has 2 saturated heterocycles. The molecular weight excluding hydrogens is 278 g/mol. The normalized spacial score (nSPS) is 26.0. The molecule has 0 spiro atoms. The van der Waals surface area contributed by atoms with E-state index in [0.29, 0.717) is 6.04 Å². The number of nitrogens with zero attached hydrogens (tertiary/aromatic N) is 1. The molecule has 120 valence electrons. The van der Waals surface area contributed by atoms with Gasteiger partial charge in [0.15, 0.2) is 0 Å². The first-order valence-corrected chi connectivity index (χ1v) is 8.19. The highest BCUT2D eigenvalue weighted by atomic mass is 16.5. The van der Waals surface area contributed by atoms with Crippen molar-refractivity contribution in [2.45, 2.75) is 44.3 Å². The molecule has 0 aromatic heterocycles. The lowest BCUT2D eigenvalue weighted by atomic mass is 10.1. The number of carbonyl (C=O) groups excluding carboxylic acids is 1. The Labute approximate surface area is 132 Å². The molecule has 2 atom stereocenters. The molecule has 2 fully saturated rings. The largest absolute Gasteiger partial charge is 0.381 e. The third-order valence-electron chi connectivity index (χ3n) is 4.55. The Morgan fingerprint density at radius 1 is 1.14 bits per heavy atom. The van der Waals surface area contributed by atoms with Crippen LogP contribution >= 0.6 is 0 Å². The summed E-state index contributed by atoms with van der Waals surface area (Å²) in [5, 5.41) is 6.19. The van der Waals surface area contributed by atoms with Gasteiger partial charge in [-0.25, -0.2) is 4.79 Å². The molecule has 1 aromatic carbocycles. The predicted octanol–water partition coefficient (Wildman–Crippen LogP) is 2.13. The van der Waals surface area contributed by atoms with Crippen LogP contribution in [0.25, 0.3) is 0 Å². The SMILES string of the molecule is C[C@H]1C[C@H](NC(=O)NC2CCOCC2)CN1c1ccccc1. The molecule has 5 nitrogen and oxygen atoms in total. The number of benzene rings is 1. The molecule has 2 N–H and O–H groups in total. The van der Waals surface area contributed by atoms with Gasteiger partial charge in [0.05, 0.1) is 6.04 Å². The van der Waals surface area contributed by atoms with Crippen molar-refractivity contribution in [2.75, 3.05) is 24.7 Å². The van der Waals surface area contributed by atoms with Crippen LogP contribution in [0.5, 0.6) is 0 Å². The number of carbonyl (C=O) groups is 1. The Hall–Kier alpha value is -1.75. The third kappa shape index (κ3) is 3.71. The molecule has 3 rings (SSSR count). The molecule has 0 aliphatic carbocycles. The summed E-state index contributed by atoms with van der Waals surface area (Å²) in [5.41, 5.74) is 1.23. The molecule has 2 aliphatic heterocycles. The summed E-state index contributed by atoms with van der Waals surface area (Å²) in [7, 11) is 0. The minimum Gasteiger partial charge on any atom is -0.381 e. The van der Waals surface area contributed by atoms with E-state index in [9.17, 15) is 4.79 Å². The van der Waals surface area contributed by atoms with Crippen molar-refractivity contribution < 1.29 is 9.53 Å². The van der Waals surface area contributed by atoms with Crippen molar-refractivity contribution in [1.29, 1.82) is 0 Å². The van der Waals surface area contributed by atoms with E-state index in [-0.39, 0.29) is 18.1 Å². The van der Waals surface area contributed by atoms with Gasteiger partial charge in [-0.2, -0.15) is 0 Å². The Balaban J connectivity index is 1.50. The first kappa shape index (κ1) is 15.2. The molecule has 2 aliphatic rings. The lowest BCUT2D eigenvalue weighted by Crippen LogP contribution is -2.48. The standard InChI is InChI=1S/C17H25N3O2/c1-13-11-15(12-20(13)16-5-3-2-4-6-16)19-17(21)18-14-7-9-22-10-8-14/h2-6,13-15H,7-12H2,1H3,(H2,18,19,21)/t13-,15-/m0/s1. The van der Waals surface area contributed by atoms with Crippen molar-refractivity contribution in [3.63, 3.8) is 0 Å². The second-order valence-corrected chi connectivity index (χ2v) is 6.27. The van der Waals surface area contributed by atoms with E-state index in [1.165, 1.54) is 5.69 Å². The van der Waals surface area contributed by atoms with Gasteiger partial charge < -0.3 is 20.3 Å². The number of hydrogen-bond acceptors (Lipinski definition) is 3. The summed E-state index contributed by atoms with van der Waals surface area (Å²) in [6, 6.07) is 11.2. The van der Waals surface area contributed by atoms with E-state index in [0.717, 1.165) is 39.0 Å². The quantitative estimate of drug-likeness (QED) is 0.899. The van der Waals surface area contributed by atoms with Gasteiger partial charge in [0, 0.05) is 37.5 Å². The van der Waals surface area contributed by atoms with Gasteiger partial charge in [0.1, 0.15) is 0 Å². The predicted molar refractivity (Wildman–Crippen MR) is 87.2 cm³/mol. The van der Waals surface area contributed by atoms with E-state index in [1.807, 2.05) is 6.07 Å². The van der Waals surface area contributed by atoms with Gasteiger partial charge in [0.2, 0.25) is 0 Å². The van der Waals surface area contributed by atoms with Crippen LogP contribution in [0.1, 0.15) is 26.2 Å². The van der Waals surface area contributed by atoms with E-state index in [1.54, 1.807) is 0 Å². The summed E-state index contributed by atoms with van der Waals surface area (Å²) < 4.78 is 5.31. The monoisotopic (exact) mass is 303 g/mol. The summed E-state index contributed by atoms with van der Waals surface area (Å²) in [6.45, 7) is 4.57. The average molecular weight is 303 g/mol. The molecule has 0 radical (unpaired) electrons.